The second-order valence-electron chi connectivity index (χ2n) is 10.4. The number of hydrogen-bond acceptors (Lipinski definition) is 4. The molecule has 3 aliphatic rings. The van der Waals surface area contributed by atoms with Crippen LogP contribution in [0.15, 0.2) is 42.6 Å². The lowest BCUT2D eigenvalue weighted by atomic mass is 9.94. The van der Waals surface area contributed by atoms with Crippen molar-refractivity contribution in [1.29, 1.82) is 5.26 Å². The van der Waals surface area contributed by atoms with Gasteiger partial charge < -0.3 is 5.32 Å². The molecule has 2 aromatic carbocycles. The van der Waals surface area contributed by atoms with Gasteiger partial charge in [0.2, 0.25) is 5.91 Å². The van der Waals surface area contributed by atoms with E-state index >= 15 is 4.39 Å². The summed E-state index contributed by atoms with van der Waals surface area (Å²) in [5.74, 6) is 1.98. The van der Waals surface area contributed by atoms with E-state index in [1.165, 1.54) is 6.07 Å². The lowest BCUT2D eigenvalue weighted by Gasteiger charge is -2.31. The molecular weight excluding hydrogens is 429 g/mol. The third kappa shape index (κ3) is 3.24. The number of rotatable bonds is 5. The number of nitrogens with one attached hydrogen (secondary N) is 1. The number of fused-ring (bicyclic) bond motifs is 6. The fourth-order valence-corrected chi connectivity index (χ4v) is 6.88. The van der Waals surface area contributed by atoms with Crippen molar-refractivity contribution < 1.29 is 9.18 Å². The first kappa shape index (κ1) is 21.3. The van der Waals surface area contributed by atoms with Crippen molar-refractivity contribution in [3.63, 3.8) is 0 Å². The Labute approximate surface area is 198 Å². The molecular formula is C27H28FN5O. The summed E-state index contributed by atoms with van der Waals surface area (Å²) in [5.41, 5.74) is 2.91. The van der Waals surface area contributed by atoms with Crippen LogP contribution in [0.2, 0.25) is 0 Å². The van der Waals surface area contributed by atoms with E-state index < -0.39 is 6.04 Å². The first-order valence-corrected chi connectivity index (χ1v) is 12.0. The Balaban J connectivity index is 1.16. The fourth-order valence-electron chi connectivity index (χ4n) is 6.88. The monoisotopic (exact) mass is 457 g/mol. The summed E-state index contributed by atoms with van der Waals surface area (Å²) in [5, 5.41) is 18.1. The molecule has 6 nitrogen and oxygen atoms in total. The molecule has 2 saturated carbocycles. The second-order valence-corrected chi connectivity index (χ2v) is 10.4. The topological polar surface area (TPSA) is 74.0 Å². The maximum Gasteiger partial charge on any atom is 0.238 e. The molecule has 3 aromatic rings. The molecule has 0 spiro atoms. The third-order valence-electron chi connectivity index (χ3n) is 8.51. The minimum Gasteiger partial charge on any atom is -0.339 e. The van der Waals surface area contributed by atoms with Gasteiger partial charge in [0.25, 0.3) is 0 Å². The van der Waals surface area contributed by atoms with Crippen LogP contribution in [0.5, 0.6) is 0 Å². The molecule has 1 amide bonds. The van der Waals surface area contributed by atoms with E-state index in [2.05, 4.69) is 28.3 Å². The van der Waals surface area contributed by atoms with E-state index in [0.717, 1.165) is 34.4 Å². The molecule has 3 fully saturated rings. The zero-order valence-electron chi connectivity index (χ0n) is 19.6. The molecule has 1 saturated heterocycles. The highest BCUT2D eigenvalue weighted by molar-refractivity contribution is 5.84. The minimum atomic E-state index is -0.766. The van der Waals surface area contributed by atoms with Crippen LogP contribution in [-0.2, 0) is 18.3 Å². The zero-order chi connectivity index (χ0) is 23.7. The van der Waals surface area contributed by atoms with Gasteiger partial charge in [0.15, 0.2) is 0 Å². The van der Waals surface area contributed by atoms with Crippen molar-refractivity contribution in [1.82, 2.24) is 20.0 Å². The lowest BCUT2D eigenvalue weighted by Crippen LogP contribution is -2.51. The molecule has 1 N–H and O–H groups in total. The number of hydrogen-bond donors (Lipinski definition) is 1. The van der Waals surface area contributed by atoms with Gasteiger partial charge in [-0.25, -0.2) is 4.39 Å². The number of halogens is 1. The van der Waals surface area contributed by atoms with Crippen LogP contribution in [0.3, 0.4) is 0 Å². The predicted molar refractivity (Wildman–Crippen MR) is 127 cm³/mol. The van der Waals surface area contributed by atoms with Gasteiger partial charge in [-0.1, -0.05) is 31.2 Å². The lowest BCUT2D eigenvalue weighted by molar-refractivity contribution is -0.127. The number of aryl methyl sites for hydroxylation is 1. The molecule has 1 aromatic heterocycles. The highest BCUT2D eigenvalue weighted by Gasteiger charge is 2.69. The van der Waals surface area contributed by atoms with Crippen LogP contribution < -0.4 is 5.32 Å². The number of piperidine rings is 1. The summed E-state index contributed by atoms with van der Waals surface area (Å²) in [7, 11) is 3.90. The zero-order valence-corrected chi connectivity index (χ0v) is 19.6. The van der Waals surface area contributed by atoms with Crippen molar-refractivity contribution in [3.8, 4) is 17.2 Å². The quantitative estimate of drug-likeness (QED) is 0.636. The molecule has 7 heteroatoms. The smallest absolute Gasteiger partial charge is 0.238 e. The Kier molecular flexibility index (Phi) is 4.79. The Morgan fingerprint density at radius 3 is 2.76 bits per heavy atom. The second kappa shape index (κ2) is 7.64. The number of carbonyl (C=O) groups excluding carboxylic acids is 1. The number of likely N-dealkylation sites (N-methyl/N-ethyl adjacent to an activating group) is 1. The maximum absolute atomic E-state index is 15.0. The number of nitriles is 1. The number of aromatic nitrogens is 2. The van der Waals surface area contributed by atoms with Gasteiger partial charge in [0.05, 0.1) is 17.6 Å². The SMILES string of the molecule is C[C@H]1C2C3CC(C21)N(C)C3C(=O)N[C@H](C#N)Cc1ccc(-c2ccc3cn(C)nc3c2)cc1F. The summed E-state index contributed by atoms with van der Waals surface area (Å²) in [6.07, 6.45) is 3.16. The molecule has 5 unspecified atom stereocenters. The molecule has 2 heterocycles. The third-order valence-corrected chi connectivity index (χ3v) is 8.51. The van der Waals surface area contributed by atoms with Gasteiger partial charge in [-0.2, -0.15) is 10.4 Å². The van der Waals surface area contributed by atoms with Crippen LogP contribution in [0, 0.1) is 40.8 Å². The van der Waals surface area contributed by atoms with Crippen molar-refractivity contribution in [2.45, 2.75) is 37.9 Å². The van der Waals surface area contributed by atoms with E-state index in [-0.39, 0.29) is 24.2 Å². The van der Waals surface area contributed by atoms with E-state index in [1.54, 1.807) is 10.7 Å². The Hall–Kier alpha value is -3.24. The van der Waals surface area contributed by atoms with Crippen LogP contribution in [0.4, 0.5) is 4.39 Å². The summed E-state index contributed by atoms with van der Waals surface area (Å²) >= 11 is 0. The first-order chi connectivity index (χ1) is 16.4. The van der Waals surface area contributed by atoms with E-state index in [9.17, 15) is 10.1 Å². The fraction of sp³-hybridized carbons (Fsp3) is 0.444. The van der Waals surface area contributed by atoms with E-state index in [1.807, 2.05) is 44.6 Å². The van der Waals surface area contributed by atoms with E-state index in [0.29, 0.717) is 29.4 Å². The van der Waals surface area contributed by atoms with Crippen molar-refractivity contribution in [2.24, 2.45) is 30.7 Å². The number of amides is 1. The van der Waals surface area contributed by atoms with Crippen LogP contribution >= 0.6 is 0 Å². The average molecular weight is 458 g/mol. The Morgan fingerprint density at radius 2 is 2.00 bits per heavy atom. The molecule has 1 aliphatic heterocycles. The molecule has 6 rings (SSSR count). The largest absolute Gasteiger partial charge is 0.339 e. The van der Waals surface area contributed by atoms with Gasteiger partial charge in [-0.15, -0.1) is 0 Å². The number of benzene rings is 2. The first-order valence-electron chi connectivity index (χ1n) is 12.0. The van der Waals surface area contributed by atoms with Gasteiger partial charge in [0.1, 0.15) is 11.9 Å². The maximum atomic E-state index is 15.0. The molecule has 2 aliphatic carbocycles. The van der Waals surface area contributed by atoms with E-state index in [4.69, 9.17) is 0 Å². The number of likely N-dealkylation sites (tertiary alicyclic amines) is 1. The van der Waals surface area contributed by atoms with Gasteiger partial charge >= 0.3 is 0 Å². The number of nitrogens with zero attached hydrogens (tertiary/aromatic N) is 4. The minimum absolute atomic E-state index is 0.0974. The van der Waals surface area contributed by atoms with Crippen molar-refractivity contribution >= 4 is 16.8 Å². The number of carbonyl (C=O) groups is 1. The van der Waals surface area contributed by atoms with Gasteiger partial charge in [0, 0.05) is 31.1 Å². The van der Waals surface area contributed by atoms with Gasteiger partial charge in [-0.05, 0) is 66.0 Å². The van der Waals surface area contributed by atoms with Crippen molar-refractivity contribution in [2.75, 3.05) is 7.05 Å². The summed E-state index contributed by atoms with van der Waals surface area (Å²) in [6.45, 7) is 2.28. The molecule has 0 radical (unpaired) electrons. The highest BCUT2D eigenvalue weighted by Crippen LogP contribution is 2.66. The highest BCUT2D eigenvalue weighted by atomic mass is 19.1. The predicted octanol–water partition coefficient (Wildman–Crippen LogP) is 3.51. The van der Waals surface area contributed by atoms with Crippen LogP contribution in [-0.4, -0.2) is 45.8 Å². The summed E-state index contributed by atoms with van der Waals surface area (Å²) < 4.78 is 16.8. The molecule has 2 bridgehead atoms. The molecule has 7 atom stereocenters. The van der Waals surface area contributed by atoms with Crippen LogP contribution in [0.1, 0.15) is 18.9 Å². The summed E-state index contributed by atoms with van der Waals surface area (Å²) in [4.78, 5) is 15.3. The standard InChI is InChI=1S/C27H28FN5O/c1-14-24-20-11-23(25(14)24)33(3)26(20)27(34)30-19(12-29)8-17-6-4-15(9-21(17)28)16-5-7-18-13-32(2)31-22(18)10-16/h4-7,9-10,13-14,19-20,23-26H,8,11H2,1-3H3,(H,30,34)/t14-,19-,20?,23?,24?,25?,26?/m0/s1. The van der Waals surface area contributed by atoms with Crippen molar-refractivity contribution in [3.05, 3.63) is 54.0 Å². The molecule has 34 heavy (non-hydrogen) atoms. The molecule has 174 valence electrons. The average Bonchev–Trinajstić information content (AvgIpc) is 3.11. The van der Waals surface area contributed by atoms with Crippen LogP contribution in [0.25, 0.3) is 22.0 Å². The Morgan fingerprint density at radius 1 is 1.24 bits per heavy atom. The Bertz CT molecular complexity index is 1340. The normalized spacial score (nSPS) is 30.2. The summed E-state index contributed by atoms with van der Waals surface area (Å²) in [6, 6.07) is 12.6. The van der Waals surface area contributed by atoms with Gasteiger partial charge in [-0.3, -0.25) is 14.4 Å².